The first-order valence-electron chi connectivity index (χ1n) is 7.47. The number of thiazole rings is 1. The number of ether oxygens (including phenoxy) is 1. The molecule has 1 N–H and O–H groups in total. The van der Waals surface area contributed by atoms with Gasteiger partial charge in [-0.25, -0.2) is 9.78 Å². The smallest absolute Gasteiger partial charge is 0.449 e. The molecular formula is C18H13ClN2O4S. The molecule has 0 spiro atoms. The predicted octanol–water partition coefficient (Wildman–Crippen LogP) is 4.80. The monoisotopic (exact) mass is 388 g/mol. The van der Waals surface area contributed by atoms with Crippen molar-refractivity contribution in [3.05, 3.63) is 65.2 Å². The first-order chi connectivity index (χ1) is 12.5. The van der Waals surface area contributed by atoms with Crippen molar-refractivity contribution in [2.75, 3.05) is 11.9 Å². The van der Waals surface area contributed by atoms with Crippen molar-refractivity contribution in [1.82, 2.24) is 4.98 Å². The van der Waals surface area contributed by atoms with Gasteiger partial charge in [0.05, 0.1) is 10.6 Å². The number of aromatic nitrogens is 1. The summed E-state index contributed by atoms with van der Waals surface area (Å²) in [5.74, 6) is -0.308. The number of carboxylic acid groups (broad SMARTS) is 1. The highest BCUT2D eigenvalue weighted by Crippen LogP contribution is 2.39. The molecule has 0 aliphatic heterocycles. The third-order valence-electron chi connectivity index (χ3n) is 3.51. The van der Waals surface area contributed by atoms with Gasteiger partial charge >= 0.3 is 6.16 Å². The standard InChI is InChI=1S/C18H13ClN2O4S/c1-21(16(22)12-9-5-6-10-13(12)19)14-17(25-18(23)24)26-15(20-14)11-7-3-2-4-8-11/h2-10H,1H3,(H,23,24). The summed E-state index contributed by atoms with van der Waals surface area (Å²) in [5.41, 5.74) is 1.07. The molecule has 0 aliphatic carbocycles. The lowest BCUT2D eigenvalue weighted by molar-refractivity contribution is 0.0990. The second-order valence-corrected chi connectivity index (χ2v) is 6.58. The van der Waals surface area contributed by atoms with Crippen molar-refractivity contribution < 1.29 is 19.4 Å². The van der Waals surface area contributed by atoms with Gasteiger partial charge in [0.15, 0.2) is 5.82 Å². The van der Waals surface area contributed by atoms with E-state index < -0.39 is 12.1 Å². The Hall–Kier alpha value is -2.90. The zero-order valence-corrected chi connectivity index (χ0v) is 15.1. The van der Waals surface area contributed by atoms with Crippen molar-refractivity contribution in [1.29, 1.82) is 0 Å². The summed E-state index contributed by atoms with van der Waals surface area (Å²) in [6.07, 6.45) is -1.48. The Morgan fingerprint density at radius 2 is 1.77 bits per heavy atom. The van der Waals surface area contributed by atoms with Crippen LogP contribution in [0, 0.1) is 0 Å². The van der Waals surface area contributed by atoms with Crippen LogP contribution in [0.2, 0.25) is 5.02 Å². The van der Waals surface area contributed by atoms with Gasteiger partial charge in [-0.05, 0) is 12.1 Å². The molecule has 132 valence electrons. The highest BCUT2D eigenvalue weighted by molar-refractivity contribution is 7.17. The summed E-state index contributed by atoms with van der Waals surface area (Å²) in [6.45, 7) is 0. The Morgan fingerprint density at radius 1 is 1.12 bits per heavy atom. The van der Waals surface area contributed by atoms with Crippen molar-refractivity contribution in [2.45, 2.75) is 0 Å². The molecule has 1 amide bonds. The maximum Gasteiger partial charge on any atom is 0.512 e. The summed E-state index contributed by atoms with van der Waals surface area (Å²) < 4.78 is 4.83. The zero-order valence-electron chi connectivity index (χ0n) is 13.5. The van der Waals surface area contributed by atoms with Gasteiger partial charge in [0.1, 0.15) is 5.01 Å². The third-order valence-corrected chi connectivity index (χ3v) is 4.81. The lowest BCUT2D eigenvalue weighted by Crippen LogP contribution is -2.27. The fraction of sp³-hybridized carbons (Fsp3) is 0.0556. The molecule has 6 nitrogen and oxygen atoms in total. The van der Waals surface area contributed by atoms with E-state index in [2.05, 4.69) is 4.98 Å². The summed E-state index contributed by atoms with van der Waals surface area (Å²) >= 11 is 7.13. The molecule has 0 atom stereocenters. The van der Waals surface area contributed by atoms with Gasteiger partial charge in [-0.2, -0.15) is 0 Å². The maximum absolute atomic E-state index is 12.8. The molecule has 0 fully saturated rings. The molecule has 26 heavy (non-hydrogen) atoms. The van der Waals surface area contributed by atoms with E-state index in [1.807, 2.05) is 30.3 Å². The number of nitrogens with zero attached hydrogens (tertiary/aromatic N) is 2. The lowest BCUT2D eigenvalue weighted by Gasteiger charge is -2.16. The molecule has 3 aromatic rings. The summed E-state index contributed by atoms with van der Waals surface area (Å²) in [4.78, 5) is 29.4. The average Bonchev–Trinajstić information content (AvgIpc) is 3.04. The van der Waals surface area contributed by atoms with Crippen LogP contribution in [0.15, 0.2) is 54.6 Å². The van der Waals surface area contributed by atoms with Crippen LogP contribution in [0.25, 0.3) is 10.6 Å². The largest absolute Gasteiger partial charge is 0.512 e. The number of hydrogen-bond donors (Lipinski definition) is 1. The summed E-state index contributed by atoms with van der Waals surface area (Å²) in [5, 5.41) is 9.83. The minimum Gasteiger partial charge on any atom is -0.449 e. The highest BCUT2D eigenvalue weighted by Gasteiger charge is 2.25. The van der Waals surface area contributed by atoms with Crippen LogP contribution in [0.1, 0.15) is 10.4 Å². The molecule has 1 aromatic heterocycles. The molecule has 0 saturated heterocycles. The molecule has 0 unspecified atom stereocenters. The van der Waals surface area contributed by atoms with Gasteiger partial charge in [-0.3, -0.25) is 9.69 Å². The van der Waals surface area contributed by atoms with Crippen molar-refractivity contribution in [2.24, 2.45) is 0 Å². The van der Waals surface area contributed by atoms with E-state index in [9.17, 15) is 9.59 Å². The highest BCUT2D eigenvalue weighted by atomic mass is 35.5. The average molecular weight is 389 g/mol. The van der Waals surface area contributed by atoms with Crippen LogP contribution in [-0.2, 0) is 0 Å². The molecule has 0 saturated carbocycles. The van der Waals surface area contributed by atoms with Gasteiger partial charge in [0.2, 0.25) is 5.06 Å². The summed E-state index contributed by atoms with van der Waals surface area (Å²) in [7, 11) is 1.49. The van der Waals surface area contributed by atoms with E-state index >= 15 is 0 Å². The van der Waals surface area contributed by atoms with E-state index in [0.29, 0.717) is 10.0 Å². The van der Waals surface area contributed by atoms with Gasteiger partial charge in [-0.15, -0.1) is 0 Å². The van der Waals surface area contributed by atoms with Gasteiger partial charge in [0, 0.05) is 12.6 Å². The Kier molecular flexibility index (Phi) is 5.20. The molecule has 8 heteroatoms. The molecular weight excluding hydrogens is 376 g/mol. The number of carbonyl (C=O) groups is 2. The minimum atomic E-state index is -1.48. The number of anilines is 1. The second-order valence-electron chi connectivity index (χ2n) is 5.21. The third kappa shape index (κ3) is 3.68. The predicted molar refractivity (Wildman–Crippen MR) is 100 cm³/mol. The van der Waals surface area contributed by atoms with Crippen molar-refractivity contribution in [3.8, 4) is 15.6 Å². The Labute approximate surface area is 158 Å². The molecule has 1 heterocycles. The molecule has 0 radical (unpaired) electrons. The molecule has 0 bridgehead atoms. The zero-order chi connectivity index (χ0) is 18.7. The minimum absolute atomic E-state index is 0.0132. The van der Waals surface area contributed by atoms with E-state index in [-0.39, 0.29) is 16.4 Å². The fourth-order valence-corrected chi connectivity index (χ4v) is 3.44. The summed E-state index contributed by atoms with van der Waals surface area (Å²) in [6, 6.07) is 15.8. The van der Waals surface area contributed by atoms with Crippen molar-refractivity contribution >= 4 is 40.8 Å². The van der Waals surface area contributed by atoms with Gasteiger partial charge in [0.25, 0.3) is 5.91 Å². The molecule has 0 aliphatic rings. The number of rotatable bonds is 4. The lowest BCUT2D eigenvalue weighted by atomic mass is 10.2. The molecule has 3 rings (SSSR count). The van der Waals surface area contributed by atoms with Crippen LogP contribution in [0.4, 0.5) is 10.6 Å². The van der Waals surface area contributed by atoms with Crippen LogP contribution in [0.3, 0.4) is 0 Å². The normalized spacial score (nSPS) is 10.4. The number of benzene rings is 2. The second kappa shape index (κ2) is 7.55. The first-order valence-corrected chi connectivity index (χ1v) is 8.66. The molecule has 2 aromatic carbocycles. The first kappa shape index (κ1) is 17.9. The van der Waals surface area contributed by atoms with E-state index in [1.165, 1.54) is 11.9 Å². The van der Waals surface area contributed by atoms with E-state index in [1.54, 1.807) is 24.3 Å². The SMILES string of the molecule is CN(C(=O)c1ccccc1Cl)c1nc(-c2ccccc2)sc1OC(=O)O. The van der Waals surface area contributed by atoms with Crippen LogP contribution < -0.4 is 9.64 Å². The Morgan fingerprint density at radius 3 is 2.42 bits per heavy atom. The van der Waals surface area contributed by atoms with Gasteiger partial charge in [-0.1, -0.05) is 65.4 Å². The Balaban J connectivity index is 2.02. The number of halogens is 1. The van der Waals surface area contributed by atoms with Crippen LogP contribution >= 0.6 is 22.9 Å². The number of amides is 1. The van der Waals surface area contributed by atoms with Gasteiger partial charge < -0.3 is 9.84 Å². The van der Waals surface area contributed by atoms with Crippen LogP contribution in [-0.4, -0.2) is 29.2 Å². The quantitative estimate of drug-likeness (QED) is 0.649. The van der Waals surface area contributed by atoms with Crippen molar-refractivity contribution in [3.63, 3.8) is 0 Å². The number of carbonyl (C=O) groups excluding carboxylic acids is 1. The maximum atomic E-state index is 12.8. The Bertz CT molecular complexity index is 959. The van der Waals surface area contributed by atoms with E-state index in [4.69, 9.17) is 21.4 Å². The number of hydrogen-bond acceptors (Lipinski definition) is 5. The van der Waals surface area contributed by atoms with Crippen LogP contribution in [0.5, 0.6) is 5.06 Å². The van der Waals surface area contributed by atoms with E-state index in [0.717, 1.165) is 16.9 Å². The fourth-order valence-electron chi connectivity index (χ4n) is 2.27. The topological polar surface area (TPSA) is 79.7 Å².